The Kier molecular flexibility index (Phi) is 16.0. The van der Waals surface area contributed by atoms with Gasteiger partial charge in [0.1, 0.15) is 0 Å². The highest BCUT2D eigenvalue weighted by atomic mass is 79.9. The minimum atomic E-state index is 0. The Hall–Kier alpha value is 0.440. The molecule has 0 aliphatic rings. The molecule has 0 amide bonds. The van der Waals surface area contributed by atoms with Crippen molar-refractivity contribution in [2.75, 3.05) is 27.2 Å². The van der Waals surface area contributed by atoms with E-state index in [1.807, 2.05) is 0 Å². The van der Waals surface area contributed by atoms with Crippen LogP contribution in [0, 0.1) is 0 Å². The van der Waals surface area contributed by atoms with Crippen molar-refractivity contribution in [2.24, 2.45) is 0 Å². The van der Waals surface area contributed by atoms with Gasteiger partial charge in [0.15, 0.2) is 0 Å². The standard InChI is InChI=1S/C16H36N.BrH/c1-5-7-9-11-12-14-16-17(3,4)15-13-10-8-6-2;/h5-16H2,1-4H3;1H/q+1;/p-1. The van der Waals surface area contributed by atoms with Crippen LogP contribution in [0.25, 0.3) is 0 Å². The summed E-state index contributed by atoms with van der Waals surface area (Å²) < 4.78 is 1.23. The first-order valence-corrected chi connectivity index (χ1v) is 7.94. The van der Waals surface area contributed by atoms with E-state index in [4.69, 9.17) is 0 Å². The number of nitrogens with zero attached hydrogens (tertiary/aromatic N) is 1. The van der Waals surface area contributed by atoms with Gasteiger partial charge in [-0.1, -0.05) is 52.4 Å². The zero-order chi connectivity index (χ0) is 13.0. The maximum absolute atomic E-state index is 2.40. The van der Waals surface area contributed by atoms with Crippen molar-refractivity contribution in [1.82, 2.24) is 0 Å². The van der Waals surface area contributed by atoms with E-state index in [2.05, 4.69) is 27.9 Å². The van der Waals surface area contributed by atoms with Gasteiger partial charge in [-0.05, 0) is 25.7 Å². The minimum Gasteiger partial charge on any atom is -1.00 e. The molecule has 112 valence electrons. The molecule has 0 saturated carbocycles. The van der Waals surface area contributed by atoms with Crippen LogP contribution in [-0.2, 0) is 0 Å². The van der Waals surface area contributed by atoms with Gasteiger partial charge in [-0.3, -0.25) is 0 Å². The van der Waals surface area contributed by atoms with Crippen LogP contribution in [0.15, 0.2) is 0 Å². The highest BCUT2D eigenvalue weighted by molar-refractivity contribution is 4.45. The maximum Gasteiger partial charge on any atom is 0.0782 e. The summed E-state index contributed by atoms with van der Waals surface area (Å²) in [6.45, 7) is 7.32. The molecule has 0 aromatic rings. The molecule has 0 atom stereocenters. The van der Waals surface area contributed by atoms with Gasteiger partial charge in [-0.25, -0.2) is 0 Å². The minimum absolute atomic E-state index is 0. The van der Waals surface area contributed by atoms with E-state index in [0.29, 0.717) is 0 Å². The van der Waals surface area contributed by atoms with Crippen molar-refractivity contribution in [3.63, 3.8) is 0 Å². The number of hydrogen-bond donors (Lipinski definition) is 0. The van der Waals surface area contributed by atoms with Gasteiger partial charge in [0.25, 0.3) is 0 Å². The van der Waals surface area contributed by atoms with Crippen LogP contribution in [0.2, 0.25) is 0 Å². The quantitative estimate of drug-likeness (QED) is 0.381. The van der Waals surface area contributed by atoms with Crippen molar-refractivity contribution < 1.29 is 21.5 Å². The lowest BCUT2D eigenvalue weighted by atomic mass is 10.1. The van der Waals surface area contributed by atoms with Crippen LogP contribution >= 0.6 is 0 Å². The summed E-state index contributed by atoms with van der Waals surface area (Å²) >= 11 is 0. The maximum atomic E-state index is 2.40. The SMILES string of the molecule is CCCCCCCC[N+](C)(C)CCCCCC.[Br-]. The van der Waals surface area contributed by atoms with E-state index in [0.717, 1.165) is 0 Å². The molecule has 1 nitrogen and oxygen atoms in total. The van der Waals surface area contributed by atoms with E-state index in [9.17, 15) is 0 Å². The zero-order valence-electron chi connectivity index (χ0n) is 13.3. The molecule has 0 radical (unpaired) electrons. The lowest BCUT2D eigenvalue weighted by Crippen LogP contribution is -3.00. The molecule has 0 fully saturated rings. The van der Waals surface area contributed by atoms with Crippen molar-refractivity contribution in [2.45, 2.75) is 78.1 Å². The third-order valence-corrected chi connectivity index (χ3v) is 3.73. The van der Waals surface area contributed by atoms with Crippen molar-refractivity contribution in [1.29, 1.82) is 0 Å². The van der Waals surface area contributed by atoms with E-state index in [1.54, 1.807) is 0 Å². The lowest BCUT2D eigenvalue weighted by Gasteiger charge is -2.30. The number of quaternary nitrogens is 1. The molecule has 0 aliphatic carbocycles. The van der Waals surface area contributed by atoms with Gasteiger partial charge in [0.05, 0.1) is 27.2 Å². The molecule has 18 heavy (non-hydrogen) atoms. The molecule has 0 aromatic carbocycles. The molecule has 0 N–H and O–H groups in total. The average Bonchev–Trinajstić information content (AvgIpc) is 2.29. The third-order valence-electron chi connectivity index (χ3n) is 3.73. The molecule has 0 rings (SSSR count). The fraction of sp³-hybridized carbons (Fsp3) is 1.00. The van der Waals surface area contributed by atoms with Crippen LogP contribution in [0.5, 0.6) is 0 Å². The van der Waals surface area contributed by atoms with Gasteiger partial charge in [0.2, 0.25) is 0 Å². The number of hydrogen-bond acceptors (Lipinski definition) is 0. The summed E-state index contributed by atoms with van der Waals surface area (Å²) in [5.41, 5.74) is 0. The Labute approximate surface area is 127 Å². The molecule has 2 heteroatoms. The van der Waals surface area contributed by atoms with Gasteiger partial charge >= 0.3 is 0 Å². The highest BCUT2D eigenvalue weighted by Gasteiger charge is 2.13. The second-order valence-electron chi connectivity index (χ2n) is 6.21. The summed E-state index contributed by atoms with van der Waals surface area (Å²) in [4.78, 5) is 0. The summed E-state index contributed by atoms with van der Waals surface area (Å²) in [5.74, 6) is 0. The van der Waals surface area contributed by atoms with Gasteiger partial charge in [-0.2, -0.15) is 0 Å². The van der Waals surface area contributed by atoms with Crippen molar-refractivity contribution >= 4 is 0 Å². The van der Waals surface area contributed by atoms with Crippen LogP contribution < -0.4 is 17.0 Å². The van der Waals surface area contributed by atoms with Crippen LogP contribution in [0.1, 0.15) is 78.1 Å². The summed E-state index contributed by atoms with van der Waals surface area (Å²) in [7, 11) is 4.80. The van der Waals surface area contributed by atoms with Gasteiger partial charge in [0, 0.05) is 0 Å². The third kappa shape index (κ3) is 14.5. The predicted molar refractivity (Wildman–Crippen MR) is 79.4 cm³/mol. The Balaban J connectivity index is 0. The predicted octanol–water partition coefficient (Wildman–Crippen LogP) is 2.01. The normalized spacial score (nSPS) is 11.3. The fourth-order valence-corrected chi connectivity index (χ4v) is 2.40. The first-order chi connectivity index (χ1) is 8.12. The molecular weight excluding hydrogens is 286 g/mol. The number of unbranched alkanes of at least 4 members (excludes halogenated alkanes) is 8. The Morgan fingerprint density at radius 3 is 1.33 bits per heavy atom. The lowest BCUT2D eigenvalue weighted by molar-refractivity contribution is -0.890. The van der Waals surface area contributed by atoms with E-state index in [1.165, 1.54) is 81.8 Å². The van der Waals surface area contributed by atoms with Crippen molar-refractivity contribution in [3.8, 4) is 0 Å². The molecule has 0 bridgehead atoms. The molecule has 0 aromatic heterocycles. The first kappa shape index (κ1) is 20.8. The average molecular weight is 322 g/mol. The first-order valence-electron chi connectivity index (χ1n) is 7.94. The monoisotopic (exact) mass is 321 g/mol. The molecule has 0 unspecified atom stereocenters. The summed E-state index contributed by atoms with van der Waals surface area (Å²) in [6, 6.07) is 0. The Morgan fingerprint density at radius 2 is 0.889 bits per heavy atom. The molecular formula is C16H36BrN. The van der Waals surface area contributed by atoms with Crippen LogP contribution in [0.3, 0.4) is 0 Å². The zero-order valence-corrected chi connectivity index (χ0v) is 14.9. The van der Waals surface area contributed by atoms with Crippen LogP contribution in [0.4, 0.5) is 0 Å². The smallest absolute Gasteiger partial charge is 0.0782 e. The fourth-order valence-electron chi connectivity index (χ4n) is 2.40. The second-order valence-corrected chi connectivity index (χ2v) is 6.21. The van der Waals surface area contributed by atoms with Crippen LogP contribution in [-0.4, -0.2) is 31.7 Å². The Bertz CT molecular complexity index is 157. The van der Waals surface area contributed by atoms with E-state index < -0.39 is 0 Å². The second kappa shape index (κ2) is 13.9. The highest BCUT2D eigenvalue weighted by Crippen LogP contribution is 2.10. The van der Waals surface area contributed by atoms with Gasteiger partial charge < -0.3 is 21.5 Å². The van der Waals surface area contributed by atoms with Gasteiger partial charge in [-0.15, -0.1) is 0 Å². The number of rotatable bonds is 12. The molecule has 0 aliphatic heterocycles. The summed E-state index contributed by atoms with van der Waals surface area (Å²) in [5, 5.41) is 0. The summed E-state index contributed by atoms with van der Waals surface area (Å²) in [6.07, 6.45) is 14.1. The molecule has 0 saturated heterocycles. The largest absolute Gasteiger partial charge is 1.00 e. The van der Waals surface area contributed by atoms with E-state index >= 15 is 0 Å². The topological polar surface area (TPSA) is 0 Å². The number of halogens is 1. The van der Waals surface area contributed by atoms with E-state index in [-0.39, 0.29) is 17.0 Å². The Morgan fingerprint density at radius 1 is 0.556 bits per heavy atom. The molecule has 0 spiro atoms. The molecule has 0 heterocycles. The van der Waals surface area contributed by atoms with Crippen molar-refractivity contribution in [3.05, 3.63) is 0 Å².